The van der Waals surface area contributed by atoms with Crippen LogP contribution in [0.1, 0.15) is 5.56 Å². The number of rotatable bonds is 2. The summed E-state index contributed by atoms with van der Waals surface area (Å²) in [5.41, 5.74) is 2.45. The molecule has 0 amide bonds. The van der Waals surface area contributed by atoms with Crippen LogP contribution in [-0.4, -0.2) is 0 Å². The van der Waals surface area contributed by atoms with Gasteiger partial charge in [0.05, 0.1) is 0 Å². The lowest BCUT2D eigenvalue weighted by Crippen LogP contribution is -1.84. The van der Waals surface area contributed by atoms with E-state index in [2.05, 4.69) is 6.58 Å². The van der Waals surface area contributed by atoms with Crippen molar-refractivity contribution in [2.45, 2.75) is 0 Å². The van der Waals surface area contributed by atoms with Crippen LogP contribution in [0.2, 0.25) is 0 Å². The van der Waals surface area contributed by atoms with Gasteiger partial charge in [-0.3, -0.25) is 0 Å². The number of halogens is 1. The van der Waals surface area contributed by atoms with E-state index in [4.69, 9.17) is 0 Å². The molecule has 0 atom stereocenters. The van der Waals surface area contributed by atoms with E-state index in [0.717, 1.165) is 11.1 Å². The molecule has 0 unspecified atom stereocenters. The first-order chi connectivity index (χ1) is 7.29. The van der Waals surface area contributed by atoms with Gasteiger partial charge in [0.1, 0.15) is 5.83 Å². The SMILES string of the molecule is C=C(F)c1ccccc1-c1ccccc1. The maximum atomic E-state index is 13.2. The highest BCUT2D eigenvalue weighted by molar-refractivity contribution is 5.77. The van der Waals surface area contributed by atoms with Gasteiger partial charge in [-0.1, -0.05) is 61.2 Å². The third-order valence-electron chi connectivity index (χ3n) is 2.30. The molecule has 1 heteroatoms. The molecule has 0 N–H and O–H groups in total. The van der Waals surface area contributed by atoms with Gasteiger partial charge in [-0.2, -0.15) is 0 Å². The van der Waals surface area contributed by atoms with Gasteiger partial charge in [-0.05, 0) is 11.1 Å². The highest BCUT2D eigenvalue weighted by Crippen LogP contribution is 2.28. The minimum absolute atomic E-state index is 0.394. The predicted molar refractivity (Wildman–Crippen MR) is 62.0 cm³/mol. The van der Waals surface area contributed by atoms with E-state index in [1.54, 1.807) is 6.07 Å². The van der Waals surface area contributed by atoms with Gasteiger partial charge < -0.3 is 0 Å². The molecule has 0 aliphatic heterocycles. The second kappa shape index (κ2) is 4.09. The lowest BCUT2D eigenvalue weighted by molar-refractivity contribution is 0.764. The summed E-state index contributed by atoms with van der Waals surface area (Å²) in [6.45, 7) is 3.34. The van der Waals surface area contributed by atoms with Crippen LogP contribution in [0.3, 0.4) is 0 Å². The van der Waals surface area contributed by atoms with Crippen LogP contribution in [0.5, 0.6) is 0 Å². The minimum atomic E-state index is -0.394. The van der Waals surface area contributed by atoms with Crippen molar-refractivity contribution in [3.05, 3.63) is 66.7 Å². The van der Waals surface area contributed by atoms with Crippen molar-refractivity contribution < 1.29 is 4.39 Å². The van der Waals surface area contributed by atoms with Crippen LogP contribution in [0, 0.1) is 0 Å². The molecule has 2 rings (SSSR count). The molecule has 0 aromatic heterocycles. The van der Waals surface area contributed by atoms with E-state index in [0.29, 0.717) is 5.56 Å². The van der Waals surface area contributed by atoms with Gasteiger partial charge in [0.15, 0.2) is 0 Å². The summed E-state index contributed by atoms with van der Waals surface area (Å²) < 4.78 is 13.2. The van der Waals surface area contributed by atoms with E-state index < -0.39 is 5.83 Å². The van der Waals surface area contributed by atoms with Gasteiger partial charge in [-0.25, -0.2) is 4.39 Å². The van der Waals surface area contributed by atoms with Crippen molar-refractivity contribution in [1.29, 1.82) is 0 Å². The molecule has 0 saturated carbocycles. The molecule has 0 heterocycles. The standard InChI is InChI=1S/C14H11F/c1-11(15)13-9-5-6-10-14(13)12-7-3-2-4-8-12/h2-10H,1H2. The zero-order valence-electron chi connectivity index (χ0n) is 8.28. The fraction of sp³-hybridized carbons (Fsp3) is 0. The smallest absolute Gasteiger partial charge is 0.123 e. The number of benzene rings is 2. The second-order valence-corrected chi connectivity index (χ2v) is 3.32. The van der Waals surface area contributed by atoms with Crippen LogP contribution in [0.4, 0.5) is 4.39 Å². The normalized spacial score (nSPS) is 9.93. The Morgan fingerprint density at radius 3 is 2.13 bits per heavy atom. The Balaban J connectivity index is 2.58. The Labute approximate surface area is 88.7 Å². The van der Waals surface area contributed by atoms with Crippen molar-refractivity contribution in [2.24, 2.45) is 0 Å². The third-order valence-corrected chi connectivity index (χ3v) is 2.30. The molecule has 74 valence electrons. The summed E-state index contributed by atoms with van der Waals surface area (Å²) >= 11 is 0. The summed E-state index contributed by atoms with van der Waals surface area (Å²) in [6.07, 6.45) is 0. The summed E-state index contributed by atoms with van der Waals surface area (Å²) in [6, 6.07) is 17.1. The fourth-order valence-corrected chi connectivity index (χ4v) is 1.59. The summed E-state index contributed by atoms with van der Waals surface area (Å²) in [5, 5.41) is 0. The van der Waals surface area contributed by atoms with E-state index >= 15 is 0 Å². The van der Waals surface area contributed by atoms with E-state index in [-0.39, 0.29) is 0 Å². The van der Waals surface area contributed by atoms with Crippen molar-refractivity contribution in [3.63, 3.8) is 0 Å². The molecule has 0 fully saturated rings. The quantitative estimate of drug-likeness (QED) is 0.675. The Morgan fingerprint density at radius 1 is 0.867 bits per heavy atom. The molecule has 2 aromatic carbocycles. The highest BCUT2D eigenvalue weighted by atomic mass is 19.1. The summed E-state index contributed by atoms with van der Waals surface area (Å²) in [5.74, 6) is -0.394. The first-order valence-electron chi connectivity index (χ1n) is 4.78. The largest absolute Gasteiger partial charge is 0.207 e. The van der Waals surface area contributed by atoms with Crippen molar-refractivity contribution in [1.82, 2.24) is 0 Å². The first-order valence-corrected chi connectivity index (χ1v) is 4.78. The van der Waals surface area contributed by atoms with Crippen molar-refractivity contribution in [3.8, 4) is 11.1 Å². The van der Waals surface area contributed by atoms with Gasteiger partial charge in [-0.15, -0.1) is 0 Å². The molecule has 2 aromatic rings. The average molecular weight is 198 g/mol. The lowest BCUT2D eigenvalue weighted by Gasteiger charge is -2.06. The molecule has 0 spiro atoms. The molecular formula is C14H11F. The van der Waals surface area contributed by atoms with Crippen LogP contribution in [-0.2, 0) is 0 Å². The van der Waals surface area contributed by atoms with E-state index in [1.165, 1.54) is 0 Å². The number of hydrogen-bond donors (Lipinski definition) is 0. The average Bonchev–Trinajstić information content (AvgIpc) is 2.30. The van der Waals surface area contributed by atoms with Gasteiger partial charge in [0, 0.05) is 5.56 Å². The zero-order chi connectivity index (χ0) is 10.7. The molecule has 0 saturated heterocycles. The summed E-state index contributed by atoms with van der Waals surface area (Å²) in [7, 11) is 0. The molecular weight excluding hydrogens is 187 g/mol. The predicted octanol–water partition coefficient (Wildman–Crippen LogP) is 4.29. The van der Waals surface area contributed by atoms with Crippen molar-refractivity contribution in [2.75, 3.05) is 0 Å². The molecule has 0 radical (unpaired) electrons. The Bertz CT molecular complexity index is 472. The molecule has 0 nitrogen and oxygen atoms in total. The molecule has 0 bridgehead atoms. The fourth-order valence-electron chi connectivity index (χ4n) is 1.59. The molecule has 15 heavy (non-hydrogen) atoms. The van der Waals surface area contributed by atoms with Gasteiger partial charge in [0.25, 0.3) is 0 Å². The summed E-state index contributed by atoms with van der Waals surface area (Å²) in [4.78, 5) is 0. The minimum Gasteiger partial charge on any atom is -0.207 e. The highest BCUT2D eigenvalue weighted by Gasteiger charge is 2.05. The third kappa shape index (κ3) is 1.96. The Morgan fingerprint density at radius 2 is 1.47 bits per heavy atom. The van der Waals surface area contributed by atoms with Crippen molar-refractivity contribution >= 4 is 5.83 Å². The van der Waals surface area contributed by atoms with Crippen LogP contribution < -0.4 is 0 Å². The van der Waals surface area contributed by atoms with Crippen LogP contribution in [0.15, 0.2) is 61.2 Å². The maximum Gasteiger partial charge on any atom is 0.123 e. The number of hydrogen-bond acceptors (Lipinski definition) is 0. The van der Waals surface area contributed by atoms with Gasteiger partial charge in [0.2, 0.25) is 0 Å². The molecule has 0 aliphatic rings. The topological polar surface area (TPSA) is 0 Å². The van der Waals surface area contributed by atoms with Crippen LogP contribution in [0.25, 0.3) is 17.0 Å². The van der Waals surface area contributed by atoms with Crippen LogP contribution >= 0.6 is 0 Å². The zero-order valence-corrected chi connectivity index (χ0v) is 8.28. The Hall–Kier alpha value is -1.89. The monoisotopic (exact) mass is 198 g/mol. The van der Waals surface area contributed by atoms with Gasteiger partial charge >= 0.3 is 0 Å². The maximum absolute atomic E-state index is 13.2. The Kier molecular flexibility index (Phi) is 2.64. The van der Waals surface area contributed by atoms with E-state index in [9.17, 15) is 4.39 Å². The first kappa shape index (κ1) is 9.66. The van der Waals surface area contributed by atoms with E-state index in [1.807, 2.05) is 48.5 Å². The second-order valence-electron chi connectivity index (χ2n) is 3.32. The molecule has 0 aliphatic carbocycles. The lowest BCUT2D eigenvalue weighted by atomic mass is 9.99.